The van der Waals surface area contributed by atoms with Gasteiger partial charge in [0.05, 0.1) is 0 Å². The van der Waals surface area contributed by atoms with E-state index in [1.807, 2.05) is 12.1 Å². The summed E-state index contributed by atoms with van der Waals surface area (Å²) in [4.78, 5) is 4.24. The number of nitrogens with one attached hydrogen (secondary N) is 2. The van der Waals surface area contributed by atoms with Crippen molar-refractivity contribution < 1.29 is 13.9 Å². The highest BCUT2D eigenvalue weighted by molar-refractivity contribution is 14.0. The number of guanidine groups is 1. The Morgan fingerprint density at radius 1 is 1.11 bits per heavy atom. The molecule has 7 heteroatoms. The van der Waals surface area contributed by atoms with Gasteiger partial charge in [-0.2, -0.15) is 0 Å². The lowest BCUT2D eigenvalue weighted by atomic mass is 9.95. The highest BCUT2D eigenvalue weighted by Crippen LogP contribution is 2.49. The predicted octanol–water partition coefficient (Wildman–Crippen LogP) is 3.57. The summed E-state index contributed by atoms with van der Waals surface area (Å²) in [5, 5.41) is 6.55. The number of halogens is 2. The molecule has 4 rings (SSSR count). The first kappa shape index (κ1) is 19.7. The number of nitrogens with zero attached hydrogens (tertiary/aromatic N) is 1. The molecule has 144 valence electrons. The molecule has 0 radical (unpaired) electrons. The van der Waals surface area contributed by atoms with Crippen molar-refractivity contribution in [2.45, 2.75) is 24.8 Å². The van der Waals surface area contributed by atoms with E-state index in [2.05, 4.69) is 27.8 Å². The van der Waals surface area contributed by atoms with E-state index in [0.29, 0.717) is 18.1 Å². The quantitative estimate of drug-likeness (QED) is 0.388. The van der Waals surface area contributed by atoms with E-state index in [-0.39, 0.29) is 42.0 Å². The largest absolute Gasteiger partial charge is 0.454 e. The van der Waals surface area contributed by atoms with Crippen molar-refractivity contribution in [3.8, 4) is 11.5 Å². The lowest BCUT2D eigenvalue weighted by Gasteiger charge is -2.19. The van der Waals surface area contributed by atoms with Gasteiger partial charge in [-0.25, -0.2) is 4.39 Å². The van der Waals surface area contributed by atoms with E-state index < -0.39 is 0 Å². The van der Waals surface area contributed by atoms with Gasteiger partial charge in [0.2, 0.25) is 6.79 Å². The molecule has 2 aromatic rings. The van der Waals surface area contributed by atoms with Crippen molar-refractivity contribution in [1.29, 1.82) is 0 Å². The summed E-state index contributed by atoms with van der Waals surface area (Å²) in [5.41, 5.74) is 1.96. The van der Waals surface area contributed by atoms with Crippen LogP contribution in [0.3, 0.4) is 0 Å². The molecule has 2 aromatic carbocycles. The van der Waals surface area contributed by atoms with Crippen LogP contribution in [-0.2, 0) is 12.0 Å². The molecular weight excluding hydrogens is 460 g/mol. The Morgan fingerprint density at radius 2 is 1.89 bits per heavy atom. The summed E-state index contributed by atoms with van der Waals surface area (Å²) in [6, 6.07) is 12.9. The molecule has 0 atom stereocenters. The maximum absolute atomic E-state index is 13.7. The number of hydrogen-bond acceptors (Lipinski definition) is 3. The standard InChI is InChI=1S/C20H22FN3O2.HI/c1-22-19(23-11-14-4-2-3-5-16(14)21)24-12-20(8-9-20)15-6-7-17-18(10-15)26-13-25-17;/h2-7,10H,8-9,11-13H2,1H3,(H2,22,23,24);1H. The van der Waals surface area contributed by atoms with E-state index in [4.69, 9.17) is 9.47 Å². The van der Waals surface area contributed by atoms with Gasteiger partial charge in [0.1, 0.15) is 5.82 Å². The Morgan fingerprint density at radius 3 is 2.63 bits per heavy atom. The second-order valence-corrected chi connectivity index (χ2v) is 6.72. The van der Waals surface area contributed by atoms with E-state index in [1.54, 1.807) is 19.2 Å². The van der Waals surface area contributed by atoms with Gasteiger partial charge in [0.25, 0.3) is 0 Å². The lowest BCUT2D eigenvalue weighted by molar-refractivity contribution is 0.174. The number of benzene rings is 2. The number of fused-ring (bicyclic) bond motifs is 1. The Kier molecular flexibility index (Phi) is 6.08. The van der Waals surface area contributed by atoms with Crippen LogP contribution in [0.1, 0.15) is 24.0 Å². The van der Waals surface area contributed by atoms with Crippen LogP contribution in [0.2, 0.25) is 0 Å². The van der Waals surface area contributed by atoms with Crippen molar-refractivity contribution in [1.82, 2.24) is 10.6 Å². The van der Waals surface area contributed by atoms with Crippen molar-refractivity contribution in [3.05, 3.63) is 59.4 Å². The number of ether oxygens (including phenoxy) is 2. The fourth-order valence-corrected chi connectivity index (χ4v) is 3.24. The lowest BCUT2D eigenvalue weighted by Crippen LogP contribution is -2.41. The van der Waals surface area contributed by atoms with E-state index in [1.165, 1.54) is 11.6 Å². The van der Waals surface area contributed by atoms with Crippen LogP contribution in [0.25, 0.3) is 0 Å². The molecule has 1 aliphatic heterocycles. The maximum atomic E-state index is 13.7. The van der Waals surface area contributed by atoms with Crippen LogP contribution in [0.5, 0.6) is 11.5 Å². The summed E-state index contributed by atoms with van der Waals surface area (Å²) < 4.78 is 24.6. The molecule has 0 spiro atoms. The van der Waals surface area contributed by atoms with Crippen molar-refractivity contribution in [2.75, 3.05) is 20.4 Å². The van der Waals surface area contributed by atoms with Gasteiger partial charge in [-0.15, -0.1) is 24.0 Å². The molecule has 1 aliphatic carbocycles. The Bertz CT molecular complexity index is 840. The van der Waals surface area contributed by atoms with Gasteiger partial charge in [0, 0.05) is 31.1 Å². The monoisotopic (exact) mass is 483 g/mol. The van der Waals surface area contributed by atoms with Crippen LogP contribution >= 0.6 is 24.0 Å². The van der Waals surface area contributed by atoms with Gasteiger partial charge in [-0.05, 0) is 36.6 Å². The van der Waals surface area contributed by atoms with Gasteiger partial charge >= 0.3 is 0 Å². The zero-order chi connectivity index (χ0) is 18.0. The molecule has 1 heterocycles. The van der Waals surface area contributed by atoms with E-state index in [9.17, 15) is 4.39 Å². The first-order valence-corrected chi connectivity index (χ1v) is 8.78. The van der Waals surface area contributed by atoms with Gasteiger partial charge in [-0.3, -0.25) is 4.99 Å². The highest BCUT2D eigenvalue weighted by Gasteiger charge is 2.44. The van der Waals surface area contributed by atoms with Crippen molar-refractivity contribution in [2.24, 2.45) is 4.99 Å². The third-order valence-corrected chi connectivity index (χ3v) is 5.06. The van der Waals surface area contributed by atoms with Gasteiger partial charge in [0.15, 0.2) is 17.5 Å². The van der Waals surface area contributed by atoms with Crippen LogP contribution in [0, 0.1) is 5.82 Å². The number of aliphatic imine (C=N–C) groups is 1. The molecule has 0 aromatic heterocycles. The Labute approximate surface area is 175 Å². The fraction of sp³-hybridized carbons (Fsp3) is 0.350. The molecule has 0 amide bonds. The van der Waals surface area contributed by atoms with Gasteiger partial charge in [-0.1, -0.05) is 24.3 Å². The third kappa shape index (κ3) is 4.28. The molecule has 0 bridgehead atoms. The first-order chi connectivity index (χ1) is 12.7. The van der Waals surface area contributed by atoms with Crippen LogP contribution in [0.15, 0.2) is 47.5 Å². The molecule has 27 heavy (non-hydrogen) atoms. The molecule has 0 saturated heterocycles. The van der Waals surface area contributed by atoms with Crippen LogP contribution in [0.4, 0.5) is 4.39 Å². The molecule has 5 nitrogen and oxygen atoms in total. The van der Waals surface area contributed by atoms with E-state index >= 15 is 0 Å². The SMILES string of the molecule is CN=C(NCc1ccccc1F)NCC1(c2ccc3c(c2)OCO3)CC1.I. The average molecular weight is 483 g/mol. The minimum absolute atomic E-state index is 0. The molecular formula is C20H23FIN3O2. The second kappa shape index (κ2) is 8.33. The average Bonchev–Trinajstić information content (AvgIpc) is 3.31. The smallest absolute Gasteiger partial charge is 0.231 e. The summed E-state index contributed by atoms with van der Waals surface area (Å²) >= 11 is 0. The zero-order valence-electron chi connectivity index (χ0n) is 15.1. The predicted molar refractivity (Wildman–Crippen MR) is 113 cm³/mol. The molecule has 1 saturated carbocycles. The van der Waals surface area contributed by atoms with Gasteiger partial charge < -0.3 is 20.1 Å². The van der Waals surface area contributed by atoms with Crippen molar-refractivity contribution in [3.63, 3.8) is 0 Å². The number of rotatable bonds is 5. The minimum atomic E-state index is -0.213. The summed E-state index contributed by atoms with van der Waals surface area (Å²) in [7, 11) is 1.72. The van der Waals surface area contributed by atoms with Crippen LogP contribution < -0.4 is 20.1 Å². The maximum Gasteiger partial charge on any atom is 0.231 e. The normalized spacial score (nSPS) is 16.4. The Balaban J connectivity index is 0.00000210. The minimum Gasteiger partial charge on any atom is -0.454 e. The van der Waals surface area contributed by atoms with Crippen LogP contribution in [-0.4, -0.2) is 26.3 Å². The fourth-order valence-electron chi connectivity index (χ4n) is 3.24. The molecule has 2 N–H and O–H groups in total. The summed E-state index contributed by atoms with van der Waals surface area (Å²) in [5.74, 6) is 2.07. The summed E-state index contributed by atoms with van der Waals surface area (Å²) in [6.07, 6.45) is 2.23. The Hall–Kier alpha value is -2.03. The zero-order valence-corrected chi connectivity index (χ0v) is 17.5. The summed E-state index contributed by atoms with van der Waals surface area (Å²) in [6.45, 7) is 1.45. The molecule has 2 aliphatic rings. The molecule has 0 unspecified atom stereocenters. The topological polar surface area (TPSA) is 54.9 Å². The highest BCUT2D eigenvalue weighted by atomic mass is 127. The van der Waals surface area contributed by atoms with Crippen molar-refractivity contribution >= 4 is 29.9 Å². The first-order valence-electron chi connectivity index (χ1n) is 8.78. The third-order valence-electron chi connectivity index (χ3n) is 5.06. The molecule has 1 fully saturated rings. The van der Waals surface area contributed by atoms with E-state index in [0.717, 1.165) is 30.9 Å². The second-order valence-electron chi connectivity index (χ2n) is 6.72. The number of hydrogen-bond donors (Lipinski definition) is 2.